The van der Waals surface area contributed by atoms with Crippen molar-refractivity contribution in [3.63, 3.8) is 0 Å². The van der Waals surface area contributed by atoms with E-state index in [4.69, 9.17) is 5.73 Å². The molecule has 3 N–H and O–H groups in total. The lowest BCUT2D eigenvalue weighted by molar-refractivity contribution is -0.383. The second-order valence-electron chi connectivity index (χ2n) is 4.14. The summed E-state index contributed by atoms with van der Waals surface area (Å²) in [5.41, 5.74) is 6.54. The molecular formula is C11H17N3O2. The van der Waals surface area contributed by atoms with Crippen molar-refractivity contribution >= 4 is 17.1 Å². The van der Waals surface area contributed by atoms with Crippen LogP contribution < -0.4 is 11.1 Å². The minimum Gasteiger partial charge on any atom is -0.393 e. The molecule has 0 radical (unpaired) electrons. The highest BCUT2D eigenvalue weighted by Gasteiger charge is 2.10. The van der Waals surface area contributed by atoms with Crippen LogP contribution in [0.5, 0.6) is 0 Å². The van der Waals surface area contributed by atoms with E-state index < -0.39 is 4.92 Å². The molecule has 0 fully saturated rings. The standard InChI is InChI=1S/C11H17N3O2/c1-8(2)5-6-13-9-3-4-11(14(15)16)10(12)7-9/h3-4,7-8,13H,5-6,12H2,1-2H3. The third kappa shape index (κ3) is 3.42. The number of nitrogens with one attached hydrogen (secondary N) is 1. The largest absolute Gasteiger partial charge is 0.393 e. The van der Waals surface area contributed by atoms with Crippen molar-refractivity contribution in [3.05, 3.63) is 28.3 Å². The van der Waals surface area contributed by atoms with Crippen molar-refractivity contribution in [3.8, 4) is 0 Å². The van der Waals surface area contributed by atoms with Gasteiger partial charge in [-0.1, -0.05) is 13.8 Å². The monoisotopic (exact) mass is 223 g/mol. The lowest BCUT2D eigenvalue weighted by atomic mass is 10.1. The summed E-state index contributed by atoms with van der Waals surface area (Å²) in [6.45, 7) is 5.13. The van der Waals surface area contributed by atoms with E-state index in [9.17, 15) is 10.1 Å². The lowest BCUT2D eigenvalue weighted by Crippen LogP contribution is -2.05. The zero-order chi connectivity index (χ0) is 12.1. The van der Waals surface area contributed by atoms with Gasteiger partial charge in [-0.15, -0.1) is 0 Å². The van der Waals surface area contributed by atoms with Gasteiger partial charge in [0, 0.05) is 18.3 Å². The van der Waals surface area contributed by atoms with Crippen LogP contribution in [0.1, 0.15) is 20.3 Å². The van der Waals surface area contributed by atoms with Gasteiger partial charge in [-0.05, 0) is 24.5 Å². The lowest BCUT2D eigenvalue weighted by Gasteiger charge is -2.08. The van der Waals surface area contributed by atoms with Crippen LogP contribution in [0.2, 0.25) is 0 Å². The number of nitrogen functional groups attached to an aromatic ring is 1. The first-order valence-electron chi connectivity index (χ1n) is 5.28. The molecule has 0 aliphatic heterocycles. The molecule has 1 rings (SSSR count). The first kappa shape index (κ1) is 12.3. The molecule has 0 aliphatic carbocycles. The maximum atomic E-state index is 10.5. The summed E-state index contributed by atoms with van der Waals surface area (Å²) in [4.78, 5) is 10.1. The summed E-state index contributed by atoms with van der Waals surface area (Å²) in [5, 5.41) is 13.7. The van der Waals surface area contributed by atoms with Gasteiger partial charge in [0.2, 0.25) is 0 Å². The minimum atomic E-state index is -0.479. The molecule has 0 spiro atoms. The van der Waals surface area contributed by atoms with Crippen molar-refractivity contribution < 1.29 is 4.92 Å². The van der Waals surface area contributed by atoms with E-state index in [2.05, 4.69) is 19.2 Å². The summed E-state index contributed by atoms with van der Waals surface area (Å²) < 4.78 is 0. The Hall–Kier alpha value is -1.78. The molecule has 0 unspecified atom stereocenters. The van der Waals surface area contributed by atoms with Crippen LogP contribution in [-0.4, -0.2) is 11.5 Å². The van der Waals surface area contributed by atoms with E-state index in [0.717, 1.165) is 18.7 Å². The first-order valence-corrected chi connectivity index (χ1v) is 5.28. The van der Waals surface area contributed by atoms with Gasteiger partial charge in [0.05, 0.1) is 4.92 Å². The second kappa shape index (κ2) is 5.34. The molecule has 0 saturated heterocycles. The molecule has 1 aromatic rings. The molecule has 88 valence electrons. The second-order valence-corrected chi connectivity index (χ2v) is 4.14. The Morgan fingerprint density at radius 3 is 2.69 bits per heavy atom. The van der Waals surface area contributed by atoms with Crippen LogP contribution in [-0.2, 0) is 0 Å². The van der Waals surface area contributed by atoms with Crippen molar-refractivity contribution in [1.82, 2.24) is 0 Å². The number of nitrogens with two attached hydrogens (primary N) is 1. The third-order valence-corrected chi connectivity index (χ3v) is 2.28. The quantitative estimate of drug-likeness (QED) is 0.456. The van der Waals surface area contributed by atoms with E-state index in [-0.39, 0.29) is 11.4 Å². The van der Waals surface area contributed by atoms with Crippen molar-refractivity contribution in [2.75, 3.05) is 17.6 Å². The topological polar surface area (TPSA) is 81.2 Å². The van der Waals surface area contributed by atoms with Gasteiger partial charge in [-0.3, -0.25) is 10.1 Å². The van der Waals surface area contributed by atoms with Crippen LogP contribution in [0.15, 0.2) is 18.2 Å². The zero-order valence-electron chi connectivity index (χ0n) is 9.56. The molecule has 0 aliphatic rings. The number of benzene rings is 1. The summed E-state index contributed by atoms with van der Waals surface area (Å²) in [6.07, 6.45) is 1.05. The van der Waals surface area contributed by atoms with Gasteiger partial charge < -0.3 is 11.1 Å². The maximum absolute atomic E-state index is 10.5. The zero-order valence-corrected chi connectivity index (χ0v) is 9.56. The van der Waals surface area contributed by atoms with Crippen LogP contribution >= 0.6 is 0 Å². The summed E-state index contributed by atoms with van der Waals surface area (Å²) in [6, 6.07) is 4.69. The average Bonchev–Trinajstić information content (AvgIpc) is 2.16. The number of hydrogen-bond donors (Lipinski definition) is 2. The molecule has 5 nitrogen and oxygen atoms in total. The van der Waals surface area contributed by atoms with Gasteiger partial charge in [-0.25, -0.2) is 0 Å². The predicted molar refractivity (Wildman–Crippen MR) is 65.5 cm³/mol. The molecule has 1 aromatic carbocycles. The van der Waals surface area contributed by atoms with Gasteiger partial charge in [0.25, 0.3) is 5.69 Å². The molecule has 0 aromatic heterocycles. The Balaban J connectivity index is 2.63. The highest BCUT2D eigenvalue weighted by molar-refractivity contribution is 5.65. The fourth-order valence-corrected chi connectivity index (χ4v) is 1.34. The number of nitro groups is 1. The van der Waals surface area contributed by atoms with E-state index in [1.807, 2.05) is 0 Å². The van der Waals surface area contributed by atoms with Crippen LogP contribution in [0.25, 0.3) is 0 Å². The molecular weight excluding hydrogens is 206 g/mol. The molecule has 16 heavy (non-hydrogen) atoms. The molecule has 0 saturated carbocycles. The fraction of sp³-hybridized carbons (Fsp3) is 0.455. The SMILES string of the molecule is CC(C)CCNc1ccc([N+](=O)[O-])c(N)c1. The van der Waals surface area contributed by atoms with Gasteiger partial charge in [0.15, 0.2) is 0 Å². The number of hydrogen-bond acceptors (Lipinski definition) is 4. The highest BCUT2D eigenvalue weighted by Crippen LogP contribution is 2.24. The van der Waals surface area contributed by atoms with Crippen LogP contribution in [0, 0.1) is 16.0 Å². The predicted octanol–water partition coefficient (Wildman–Crippen LogP) is 2.63. The smallest absolute Gasteiger partial charge is 0.292 e. The average molecular weight is 223 g/mol. The molecule has 0 amide bonds. The Morgan fingerprint density at radius 2 is 2.19 bits per heavy atom. The normalized spacial score (nSPS) is 10.4. The summed E-state index contributed by atoms with van der Waals surface area (Å²) in [5.74, 6) is 0.628. The Morgan fingerprint density at radius 1 is 1.50 bits per heavy atom. The van der Waals surface area contributed by atoms with Crippen LogP contribution in [0.4, 0.5) is 17.1 Å². The number of nitro benzene ring substituents is 1. The number of anilines is 2. The van der Waals surface area contributed by atoms with E-state index in [1.165, 1.54) is 6.07 Å². The first-order chi connectivity index (χ1) is 7.50. The Kier molecular flexibility index (Phi) is 4.10. The summed E-state index contributed by atoms with van der Waals surface area (Å²) >= 11 is 0. The third-order valence-electron chi connectivity index (χ3n) is 2.28. The number of rotatable bonds is 5. The van der Waals surface area contributed by atoms with Crippen molar-refractivity contribution in [1.29, 1.82) is 0 Å². The minimum absolute atomic E-state index is 0.0468. The maximum Gasteiger partial charge on any atom is 0.292 e. The van der Waals surface area contributed by atoms with Gasteiger partial charge in [0.1, 0.15) is 5.69 Å². The van der Waals surface area contributed by atoms with Gasteiger partial charge in [-0.2, -0.15) is 0 Å². The fourth-order valence-electron chi connectivity index (χ4n) is 1.34. The Bertz CT molecular complexity index is 377. The summed E-state index contributed by atoms with van der Waals surface area (Å²) in [7, 11) is 0. The Labute approximate surface area is 94.8 Å². The van der Waals surface area contributed by atoms with Gasteiger partial charge >= 0.3 is 0 Å². The number of nitrogens with zero attached hydrogens (tertiary/aromatic N) is 1. The highest BCUT2D eigenvalue weighted by atomic mass is 16.6. The van der Waals surface area contributed by atoms with E-state index >= 15 is 0 Å². The van der Waals surface area contributed by atoms with E-state index in [1.54, 1.807) is 12.1 Å². The van der Waals surface area contributed by atoms with E-state index in [0.29, 0.717) is 5.92 Å². The molecule has 5 heteroatoms. The molecule has 0 heterocycles. The van der Waals surface area contributed by atoms with Crippen molar-refractivity contribution in [2.24, 2.45) is 5.92 Å². The molecule has 0 atom stereocenters. The molecule has 0 bridgehead atoms. The van der Waals surface area contributed by atoms with Crippen molar-refractivity contribution in [2.45, 2.75) is 20.3 Å². The van der Waals surface area contributed by atoms with Crippen LogP contribution in [0.3, 0.4) is 0 Å².